The minimum Gasteiger partial charge on any atom is -0.493 e. The second-order valence-corrected chi connectivity index (χ2v) is 8.17. The fraction of sp³-hybridized carbons (Fsp3) is 0.500. The van der Waals surface area contributed by atoms with Gasteiger partial charge in [0.2, 0.25) is 0 Å². The number of hydrogen-bond acceptors (Lipinski definition) is 5. The van der Waals surface area contributed by atoms with Crippen LogP contribution in [-0.2, 0) is 6.42 Å². The molecule has 0 atom stereocenters. The van der Waals surface area contributed by atoms with E-state index in [0.717, 1.165) is 52.0 Å². The highest BCUT2D eigenvalue weighted by molar-refractivity contribution is 6.09. The Morgan fingerprint density at radius 2 is 1.93 bits per heavy atom. The lowest BCUT2D eigenvalue weighted by Crippen LogP contribution is -2.19. The zero-order chi connectivity index (χ0) is 20.3. The van der Waals surface area contributed by atoms with Crippen molar-refractivity contribution in [3.05, 3.63) is 30.1 Å². The smallest absolute Gasteiger partial charge is 0.163 e. The van der Waals surface area contributed by atoms with Gasteiger partial charge in [0.25, 0.3) is 0 Å². The summed E-state index contributed by atoms with van der Waals surface area (Å²) in [5.41, 5.74) is 2.28. The molecule has 0 spiro atoms. The average molecular weight is 422 g/mol. The summed E-state index contributed by atoms with van der Waals surface area (Å²) in [6, 6.07) is 6.00. The largest absolute Gasteiger partial charge is 0.493 e. The Labute approximate surface area is 178 Å². The van der Waals surface area contributed by atoms with Crippen LogP contribution in [0.1, 0.15) is 32.4 Å². The van der Waals surface area contributed by atoms with Crippen molar-refractivity contribution >= 4 is 34.2 Å². The molecule has 0 saturated heterocycles. The number of H-pyrrole nitrogens is 1. The van der Waals surface area contributed by atoms with Gasteiger partial charge in [0.05, 0.1) is 30.5 Å². The summed E-state index contributed by atoms with van der Waals surface area (Å²) in [4.78, 5) is 10.2. The highest BCUT2D eigenvalue weighted by Crippen LogP contribution is 2.37. The third kappa shape index (κ3) is 5.75. The minimum atomic E-state index is -0.721. The monoisotopic (exact) mass is 421 g/mol. The van der Waals surface area contributed by atoms with E-state index in [1.54, 1.807) is 7.11 Å². The fourth-order valence-electron chi connectivity index (χ4n) is 3.37. The Balaban J connectivity index is 0.00000300. The number of nitrogens with zero attached hydrogens (tertiary/aromatic N) is 2. The number of ether oxygens (including phenoxy) is 2. The van der Waals surface area contributed by atoms with Gasteiger partial charge in [0, 0.05) is 35.1 Å². The average Bonchev–Trinajstić information content (AvgIpc) is 2.99. The number of halogens is 1. The first-order valence-corrected chi connectivity index (χ1v) is 9.76. The van der Waals surface area contributed by atoms with E-state index in [0.29, 0.717) is 19.4 Å². The van der Waals surface area contributed by atoms with Gasteiger partial charge >= 0.3 is 0 Å². The summed E-state index contributed by atoms with van der Waals surface area (Å²) >= 11 is 0. The topological polar surface area (TPSA) is 70.6 Å². The van der Waals surface area contributed by atoms with Crippen LogP contribution < -0.4 is 9.47 Å². The lowest BCUT2D eigenvalue weighted by molar-refractivity contribution is 0.0712. The molecule has 0 bridgehead atoms. The number of nitrogens with one attached hydrogen (secondary N) is 1. The molecule has 2 heterocycles. The zero-order valence-electron chi connectivity index (χ0n) is 17.9. The van der Waals surface area contributed by atoms with Crippen molar-refractivity contribution in [2.75, 3.05) is 34.4 Å². The number of aromatic amines is 1. The molecule has 0 aliphatic heterocycles. The van der Waals surface area contributed by atoms with Gasteiger partial charge in [-0.3, -0.25) is 4.98 Å². The second kappa shape index (κ2) is 9.65. The number of fused-ring (bicyclic) bond motifs is 3. The number of aromatic nitrogens is 2. The molecule has 0 aliphatic rings. The van der Waals surface area contributed by atoms with Crippen molar-refractivity contribution < 1.29 is 14.6 Å². The molecule has 3 rings (SSSR count). The van der Waals surface area contributed by atoms with Crippen LogP contribution >= 0.6 is 12.4 Å². The Morgan fingerprint density at radius 3 is 2.59 bits per heavy atom. The van der Waals surface area contributed by atoms with E-state index in [9.17, 15) is 5.11 Å². The number of rotatable bonds is 9. The van der Waals surface area contributed by atoms with E-state index in [2.05, 4.69) is 29.0 Å². The predicted octanol–water partition coefficient (Wildman–Crippen LogP) is 4.18. The van der Waals surface area contributed by atoms with Crippen molar-refractivity contribution in [2.24, 2.45) is 0 Å². The van der Waals surface area contributed by atoms with Crippen LogP contribution in [-0.4, -0.2) is 59.9 Å². The first-order valence-electron chi connectivity index (χ1n) is 9.76. The van der Waals surface area contributed by atoms with Gasteiger partial charge in [-0.2, -0.15) is 0 Å². The van der Waals surface area contributed by atoms with Gasteiger partial charge in [0.1, 0.15) is 0 Å². The van der Waals surface area contributed by atoms with Crippen molar-refractivity contribution in [3.63, 3.8) is 0 Å². The van der Waals surface area contributed by atoms with Crippen LogP contribution in [0.15, 0.2) is 24.4 Å². The molecule has 2 aromatic heterocycles. The molecular weight excluding hydrogens is 390 g/mol. The number of aliphatic hydroxyl groups is 1. The standard InChI is InChI=1S/C22H31N3O3.ClH/c1-22(2,26)9-7-16-21-15-13-19(27-5)20(28-12-6-11-25(3)4)14-18(15)24-17(21)8-10-23-16;/h8,10,13-14,24,26H,6-7,9,11-12H2,1-5H3;1H. The van der Waals surface area contributed by atoms with Crippen LogP contribution in [0.25, 0.3) is 21.8 Å². The van der Waals surface area contributed by atoms with E-state index >= 15 is 0 Å². The van der Waals surface area contributed by atoms with Crippen LogP contribution in [0.3, 0.4) is 0 Å². The molecule has 0 fully saturated rings. The summed E-state index contributed by atoms with van der Waals surface area (Å²) in [6.45, 7) is 5.27. The van der Waals surface area contributed by atoms with Crippen molar-refractivity contribution in [1.82, 2.24) is 14.9 Å². The van der Waals surface area contributed by atoms with Gasteiger partial charge < -0.3 is 24.5 Å². The predicted molar refractivity (Wildman–Crippen MR) is 121 cm³/mol. The van der Waals surface area contributed by atoms with Crippen molar-refractivity contribution in [1.29, 1.82) is 0 Å². The summed E-state index contributed by atoms with van der Waals surface area (Å²) in [5.74, 6) is 1.46. The number of pyridine rings is 1. The Kier molecular flexibility index (Phi) is 7.74. The van der Waals surface area contributed by atoms with Crippen LogP contribution in [0.2, 0.25) is 0 Å². The molecule has 29 heavy (non-hydrogen) atoms. The number of aryl methyl sites for hydroxylation is 1. The van der Waals surface area contributed by atoms with Crippen molar-refractivity contribution in [2.45, 2.75) is 38.7 Å². The Bertz CT molecular complexity index is 948. The molecule has 1 aromatic carbocycles. The van der Waals surface area contributed by atoms with Crippen molar-refractivity contribution in [3.8, 4) is 11.5 Å². The maximum atomic E-state index is 10.1. The number of methoxy groups -OCH3 is 1. The van der Waals surface area contributed by atoms with Gasteiger partial charge in [-0.15, -0.1) is 12.4 Å². The highest BCUT2D eigenvalue weighted by atomic mass is 35.5. The quantitative estimate of drug-likeness (QED) is 0.507. The van der Waals surface area contributed by atoms with Gasteiger partial charge in [-0.05, 0) is 59.3 Å². The molecule has 0 radical (unpaired) electrons. The van der Waals surface area contributed by atoms with E-state index in [1.165, 1.54) is 0 Å². The Morgan fingerprint density at radius 1 is 1.17 bits per heavy atom. The van der Waals surface area contributed by atoms with Crippen LogP contribution in [0, 0.1) is 0 Å². The van der Waals surface area contributed by atoms with E-state index in [1.807, 2.05) is 38.2 Å². The summed E-state index contributed by atoms with van der Waals surface area (Å²) in [5, 5.41) is 12.2. The Hall–Kier alpha value is -2.02. The normalized spacial score (nSPS) is 11.8. The minimum absolute atomic E-state index is 0. The molecule has 3 aromatic rings. The molecule has 6 nitrogen and oxygen atoms in total. The van der Waals surface area contributed by atoms with Crippen LogP contribution in [0.5, 0.6) is 11.5 Å². The molecule has 0 amide bonds. The van der Waals surface area contributed by atoms with E-state index < -0.39 is 5.60 Å². The SMILES string of the molecule is COc1cc2c(cc1OCCCN(C)C)[nH]c1ccnc(CCC(C)(C)O)c12.Cl. The fourth-order valence-corrected chi connectivity index (χ4v) is 3.37. The number of benzene rings is 1. The molecule has 0 unspecified atom stereocenters. The lowest BCUT2D eigenvalue weighted by atomic mass is 9.99. The molecule has 7 heteroatoms. The highest BCUT2D eigenvalue weighted by Gasteiger charge is 2.17. The molecule has 0 saturated carbocycles. The van der Waals surface area contributed by atoms with E-state index in [-0.39, 0.29) is 12.4 Å². The molecule has 2 N–H and O–H groups in total. The first-order chi connectivity index (χ1) is 13.3. The third-order valence-corrected chi connectivity index (χ3v) is 4.85. The summed E-state index contributed by atoms with van der Waals surface area (Å²) in [6.07, 6.45) is 4.12. The number of hydrogen-bond donors (Lipinski definition) is 2. The first kappa shape index (κ1) is 23.3. The zero-order valence-corrected chi connectivity index (χ0v) is 18.7. The maximum absolute atomic E-state index is 10.1. The molecule has 160 valence electrons. The van der Waals surface area contributed by atoms with Gasteiger partial charge in [-0.1, -0.05) is 0 Å². The summed E-state index contributed by atoms with van der Waals surface area (Å²) in [7, 11) is 5.78. The van der Waals surface area contributed by atoms with Gasteiger partial charge in [0.15, 0.2) is 11.5 Å². The second-order valence-electron chi connectivity index (χ2n) is 8.17. The maximum Gasteiger partial charge on any atom is 0.163 e. The van der Waals surface area contributed by atoms with Crippen LogP contribution in [0.4, 0.5) is 0 Å². The third-order valence-electron chi connectivity index (χ3n) is 4.85. The summed E-state index contributed by atoms with van der Waals surface area (Å²) < 4.78 is 11.6. The van der Waals surface area contributed by atoms with Gasteiger partial charge in [-0.25, -0.2) is 0 Å². The molecule has 0 aliphatic carbocycles. The van der Waals surface area contributed by atoms with E-state index in [4.69, 9.17) is 9.47 Å². The molecular formula is C22H32ClN3O3. The lowest BCUT2D eigenvalue weighted by Gasteiger charge is -2.16.